The molecule has 0 atom stereocenters. The predicted octanol–water partition coefficient (Wildman–Crippen LogP) is 2.48. The molecule has 0 fully saturated rings. The van der Waals surface area contributed by atoms with Crippen LogP contribution >= 0.6 is 0 Å². The maximum Gasteiger partial charge on any atom is 0.319 e. The van der Waals surface area contributed by atoms with Gasteiger partial charge in [0.1, 0.15) is 5.75 Å². The number of aromatic nitrogens is 2. The molecule has 21 heavy (non-hydrogen) atoms. The number of carbonyl (C=O) groups is 1. The largest absolute Gasteiger partial charge is 0.497 e. The molecule has 3 N–H and O–H groups in total. The molecule has 0 aliphatic heterocycles. The molecule has 1 heterocycles. The first-order valence-electron chi connectivity index (χ1n) is 6.87. The van der Waals surface area contributed by atoms with E-state index in [1.807, 2.05) is 31.3 Å². The number of hydrogen-bond donors (Lipinski definition) is 3. The molecular weight excluding hydrogens is 268 g/mol. The summed E-state index contributed by atoms with van der Waals surface area (Å²) in [5, 5.41) is 12.5. The Hall–Kier alpha value is -2.50. The number of nitrogens with zero attached hydrogens (tertiary/aromatic N) is 1. The summed E-state index contributed by atoms with van der Waals surface area (Å²) < 4.78 is 5.11. The highest BCUT2D eigenvalue weighted by Crippen LogP contribution is 2.16. The first-order valence-corrected chi connectivity index (χ1v) is 6.87. The Kier molecular flexibility index (Phi) is 5.20. The Labute approximate surface area is 123 Å². The number of hydrogen-bond acceptors (Lipinski definition) is 3. The zero-order valence-corrected chi connectivity index (χ0v) is 12.3. The number of nitrogens with one attached hydrogen (secondary N) is 3. The van der Waals surface area contributed by atoms with Crippen molar-refractivity contribution in [3.8, 4) is 5.75 Å². The lowest BCUT2D eigenvalue weighted by Crippen LogP contribution is -2.29. The molecule has 2 rings (SSSR count). The van der Waals surface area contributed by atoms with Crippen LogP contribution in [0.25, 0.3) is 0 Å². The standard InChI is InChI=1S/C15H20N4O2/c1-11-12(10-17-19-11)5-4-8-16-15(20)18-13-6-3-7-14(9-13)21-2/h3,6-7,9-10H,4-5,8H2,1-2H3,(H,17,19)(H2,16,18,20). The molecule has 0 radical (unpaired) electrons. The van der Waals surface area contributed by atoms with E-state index < -0.39 is 0 Å². The van der Waals surface area contributed by atoms with E-state index in [9.17, 15) is 4.79 Å². The minimum absolute atomic E-state index is 0.216. The predicted molar refractivity (Wildman–Crippen MR) is 81.7 cm³/mol. The van der Waals surface area contributed by atoms with Gasteiger partial charge in [0.05, 0.1) is 13.3 Å². The van der Waals surface area contributed by atoms with Gasteiger partial charge in [0.15, 0.2) is 0 Å². The van der Waals surface area contributed by atoms with Crippen LogP contribution in [0.1, 0.15) is 17.7 Å². The molecule has 6 nitrogen and oxygen atoms in total. The molecule has 0 spiro atoms. The van der Waals surface area contributed by atoms with Crippen LogP contribution in [0, 0.1) is 6.92 Å². The first-order chi connectivity index (χ1) is 10.2. The second-order valence-corrected chi connectivity index (χ2v) is 4.74. The van der Waals surface area contributed by atoms with Crippen molar-refractivity contribution < 1.29 is 9.53 Å². The summed E-state index contributed by atoms with van der Waals surface area (Å²) in [7, 11) is 1.59. The Morgan fingerprint density at radius 2 is 2.29 bits per heavy atom. The van der Waals surface area contributed by atoms with Gasteiger partial charge in [0.25, 0.3) is 0 Å². The van der Waals surface area contributed by atoms with Crippen LogP contribution in [0.5, 0.6) is 5.75 Å². The van der Waals surface area contributed by atoms with Crippen LogP contribution in [0.15, 0.2) is 30.5 Å². The fraction of sp³-hybridized carbons (Fsp3) is 0.333. The SMILES string of the molecule is COc1cccc(NC(=O)NCCCc2cn[nH]c2C)c1. The summed E-state index contributed by atoms with van der Waals surface area (Å²) in [6.45, 7) is 2.60. The number of carbonyl (C=O) groups excluding carboxylic acids is 1. The van der Waals surface area contributed by atoms with Crippen LogP contribution in [0.4, 0.5) is 10.5 Å². The van der Waals surface area contributed by atoms with E-state index in [1.54, 1.807) is 13.2 Å². The number of rotatable bonds is 6. The van der Waals surface area contributed by atoms with Gasteiger partial charge in [0.2, 0.25) is 0 Å². The van der Waals surface area contributed by atoms with E-state index in [0.29, 0.717) is 18.0 Å². The topological polar surface area (TPSA) is 79.0 Å². The number of ether oxygens (including phenoxy) is 1. The van der Waals surface area contributed by atoms with Crippen molar-refractivity contribution in [1.29, 1.82) is 0 Å². The molecule has 112 valence electrons. The van der Waals surface area contributed by atoms with E-state index in [1.165, 1.54) is 5.56 Å². The molecule has 0 saturated heterocycles. The van der Waals surface area contributed by atoms with Crippen molar-refractivity contribution in [2.75, 3.05) is 19.0 Å². The Morgan fingerprint density at radius 1 is 1.43 bits per heavy atom. The Balaban J connectivity index is 1.71. The molecule has 1 aromatic heterocycles. The number of urea groups is 1. The lowest BCUT2D eigenvalue weighted by atomic mass is 10.1. The number of aromatic amines is 1. The number of methoxy groups -OCH3 is 1. The average molecular weight is 288 g/mol. The van der Waals surface area contributed by atoms with Gasteiger partial charge in [-0.1, -0.05) is 6.07 Å². The van der Waals surface area contributed by atoms with Crippen molar-refractivity contribution in [2.24, 2.45) is 0 Å². The lowest BCUT2D eigenvalue weighted by Gasteiger charge is -2.08. The van der Waals surface area contributed by atoms with Gasteiger partial charge >= 0.3 is 6.03 Å². The van der Waals surface area contributed by atoms with E-state index in [4.69, 9.17) is 4.74 Å². The van der Waals surface area contributed by atoms with Crippen LogP contribution in [0.3, 0.4) is 0 Å². The first kappa shape index (κ1) is 14.9. The number of H-pyrrole nitrogens is 1. The zero-order valence-electron chi connectivity index (χ0n) is 12.3. The van der Waals surface area contributed by atoms with Crippen molar-refractivity contribution in [2.45, 2.75) is 19.8 Å². The van der Waals surface area contributed by atoms with Crippen LogP contribution in [0.2, 0.25) is 0 Å². The quantitative estimate of drug-likeness (QED) is 0.714. The highest BCUT2D eigenvalue weighted by molar-refractivity contribution is 5.89. The molecule has 0 bridgehead atoms. The summed E-state index contributed by atoms with van der Waals surface area (Å²) in [6, 6.07) is 7.03. The fourth-order valence-electron chi connectivity index (χ4n) is 1.98. The van der Waals surface area contributed by atoms with Crippen LogP contribution < -0.4 is 15.4 Å². The monoisotopic (exact) mass is 288 g/mol. The second kappa shape index (κ2) is 7.33. The third-order valence-electron chi connectivity index (χ3n) is 3.17. The highest BCUT2D eigenvalue weighted by Gasteiger charge is 2.03. The van der Waals surface area contributed by atoms with Gasteiger partial charge in [-0.15, -0.1) is 0 Å². The van der Waals surface area contributed by atoms with Gasteiger partial charge in [0, 0.05) is 24.0 Å². The molecule has 2 aromatic rings. The van der Waals surface area contributed by atoms with Gasteiger partial charge in [-0.25, -0.2) is 4.79 Å². The van der Waals surface area contributed by atoms with Crippen molar-refractivity contribution >= 4 is 11.7 Å². The highest BCUT2D eigenvalue weighted by atomic mass is 16.5. The number of benzene rings is 1. The molecule has 2 amide bonds. The normalized spacial score (nSPS) is 10.2. The molecule has 1 aromatic carbocycles. The minimum atomic E-state index is -0.216. The van der Waals surface area contributed by atoms with Gasteiger partial charge in [-0.2, -0.15) is 5.10 Å². The van der Waals surface area contributed by atoms with Crippen molar-refractivity contribution in [1.82, 2.24) is 15.5 Å². The minimum Gasteiger partial charge on any atom is -0.497 e. The zero-order chi connectivity index (χ0) is 15.1. The Morgan fingerprint density at radius 3 is 3.00 bits per heavy atom. The summed E-state index contributed by atoms with van der Waals surface area (Å²) in [5.41, 5.74) is 2.97. The lowest BCUT2D eigenvalue weighted by molar-refractivity contribution is 0.252. The summed E-state index contributed by atoms with van der Waals surface area (Å²) >= 11 is 0. The number of anilines is 1. The van der Waals surface area contributed by atoms with E-state index in [2.05, 4.69) is 20.8 Å². The summed E-state index contributed by atoms with van der Waals surface area (Å²) in [6.07, 6.45) is 3.58. The third-order valence-corrected chi connectivity index (χ3v) is 3.17. The van der Waals surface area contributed by atoms with Gasteiger partial charge in [-0.05, 0) is 37.5 Å². The molecule has 0 unspecified atom stereocenters. The maximum absolute atomic E-state index is 11.8. The second-order valence-electron chi connectivity index (χ2n) is 4.74. The van der Waals surface area contributed by atoms with Crippen LogP contribution in [-0.2, 0) is 6.42 Å². The average Bonchev–Trinajstić information content (AvgIpc) is 2.89. The summed E-state index contributed by atoms with van der Waals surface area (Å²) in [4.78, 5) is 11.8. The molecule has 0 aliphatic carbocycles. The maximum atomic E-state index is 11.8. The molecular formula is C15H20N4O2. The van der Waals surface area contributed by atoms with E-state index in [0.717, 1.165) is 18.5 Å². The van der Waals surface area contributed by atoms with Crippen molar-refractivity contribution in [3.05, 3.63) is 41.7 Å². The molecule has 0 aliphatic rings. The fourth-order valence-corrected chi connectivity index (χ4v) is 1.98. The smallest absolute Gasteiger partial charge is 0.319 e. The number of aryl methyl sites for hydroxylation is 2. The van der Waals surface area contributed by atoms with E-state index >= 15 is 0 Å². The number of amides is 2. The summed E-state index contributed by atoms with van der Waals surface area (Å²) in [5.74, 6) is 0.711. The van der Waals surface area contributed by atoms with Gasteiger partial charge in [-0.3, -0.25) is 5.10 Å². The molecule has 6 heteroatoms. The van der Waals surface area contributed by atoms with Gasteiger partial charge < -0.3 is 15.4 Å². The molecule has 0 saturated carbocycles. The third kappa shape index (κ3) is 4.52. The van der Waals surface area contributed by atoms with Crippen LogP contribution in [-0.4, -0.2) is 29.9 Å². The van der Waals surface area contributed by atoms with Crippen molar-refractivity contribution in [3.63, 3.8) is 0 Å². The van der Waals surface area contributed by atoms with E-state index in [-0.39, 0.29) is 6.03 Å². The Bertz CT molecular complexity index is 595.